The van der Waals surface area contributed by atoms with Gasteiger partial charge in [-0.25, -0.2) is 16.8 Å². The smallest absolute Gasteiger partial charge is 0.744 e. The Labute approximate surface area is 214 Å². The van der Waals surface area contributed by atoms with E-state index in [1.165, 1.54) is 36.4 Å². The topological polar surface area (TPSA) is 114 Å². The molecule has 0 aliphatic carbocycles. The van der Waals surface area contributed by atoms with Crippen LogP contribution in [0.2, 0.25) is 0 Å². The molecule has 0 saturated carbocycles. The molecule has 2 aromatic rings. The van der Waals surface area contributed by atoms with Gasteiger partial charge in [-0.2, -0.15) is 0 Å². The van der Waals surface area contributed by atoms with Crippen molar-refractivity contribution < 1.29 is 85.1 Å². The van der Waals surface area contributed by atoms with Crippen LogP contribution >= 0.6 is 7.92 Å². The molecular formula is C16H17BNa2O6PS2. The molecule has 0 heterocycles. The van der Waals surface area contributed by atoms with Gasteiger partial charge in [0.05, 0.1) is 9.79 Å². The number of hydrogen-bond donors (Lipinski definition) is 0. The van der Waals surface area contributed by atoms with E-state index in [0.29, 0.717) is 10.6 Å². The molecule has 0 atom stereocenters. The van der Waals surface area contributed by atoms with Crippen molar-refractivity contribution >= 4 is 47.2 Å². The van der Waals surface area contributed by atoms with Crippen molar-refractivity contribution in [2.24, 2.45) is 0 Å². The van der Waals surface area contributed by atoms with E-state index in [1.807, 2.05) is 20.8 Å². The third kappa shape index (κ3) is 8.12. The first-order valence-electron chi connectivity index (χ1n) is 7.22. The Kier molecular flexibility index (Phi) is 12.6. The monoisotopic (exact) mass is 457 g/mol. The molecule has 0 aliphatic rings. The number of rotatable bonds is 4. The van der Waals surface area contributed by atoms with E-state index < -0.39 is 28.2 Å². The van der Waals surface area contributed by atoms with E-state index in [0.717, 1.165) is 0 Å². The second kappa shape index (κ2) is 11.4. The molecule has 0 bridgehead atoms. The Balaban J connectivity index is 0. The van der Waals surface area contributed by atoms with Crippen LogP contribution in [0.1, 0.15) is 20.8 Å². The Hall–Kier alpha value is 0.755. The minimum atomic E-state index is -4.60. The summed E-state index contributed by atoms with van der Waals surface area (Å²) in [7, 11) is -10.4. The Bertz CT molecular complexity index is 932. The number of hydrogen-bond acceptors (Lipinski definition) is 6. The summed E-state index contributed by atoms with van der Waals surface area (Å²) in [6.45, 7) is 5.78. The van der Waals surface area contributed by atoms with Crippen molar-refractivity contribution in [3.05, 3.63) is 48.5 Å². The van der Waals surface area contributed by atoms with Crippen LogP contribution in [0.25, 0.3) is 0 Å². The van der Waals surface area contributed by atoms with Gasteiger partial charge in [0.2, 0.25) is 0 Å². The average molecular weight is 457 g/mol. The van der Waals surface area contributed by atoms with Crippen molar-refractivity contribution in [1.29, 1.82) is 0 Å². The van der Waals surface area contributed by atoms with Crippen LogP contribution in [0.5, 0.6) is 0 Å². The first-order chi connectivity index (χ1) is 11.3. The maximum atomic E-state index is 11.3. The largest absolute Gasteiger partial charge is 1.00 e. The fourth-order valence-electron chi connectivity index (χ4n) is 2.48. The summed E-state index contributed by atoms with van der Waals surface area (Å²) in [5.74, 6) is 0. The normalized spacial score (nSPS) is 11.8. The van der Waals surface area contributed by atoms with Crippen LogP contribution in [-0.4, -0.2) is 39.5 Å². The summed E-state index contributed by atoms with van der Waals surface area (Å²) in [6, 6.07) is 11.4. The molecule has 0 N–H and O–H groups in total. The fourth-order valence-corrected chi connectivity index (χ4v) is 6.54. The summed E-state index contributed by atoms with van der Waals surface area (Å²) in [6.07, 6.45) is 0. The first kappa shape index (κ1) is 30.9. The van der Waals surface area contributed by atoms with Crippen molar-refractivity contribution in [2.45, 2.75) is 35.7 Å². The van der Waals surface area contributed by atoms with Crippen LogP contribution in [0.3, 0.4) is 0 Å². The Morgan fingerprint density at radius 3 is 1.32 bits per heavy atom. The molecule has 2 rings (SSSR count). The molecule has 0 saturated heterocycles. The molecule has 139 valence electrons. The van der Waals surface area contributed by atoms with Crippen molar-refractivity contribution in [3.63, 3.8) is 0 Å². The van der Waals surface area contributed by atoms with Gasteiger partial charge in [0, 0.05) is 8.41 Å². The molecule has 0 unspecified atom stereocenters. The van der Waals surface area contributed by atoms with E-state index in [4.69, 9.17) is 0 Å². The first-order valence-corrected chi connectivity index (χ1v) is 11.4. The second-order valence-electron chi connectivity index (χ2n) is 6.41. The van der Waals surface area contributed by atoms with Gasteiger partial charge in [-0.05, 0) is 48.0 Å². The van der Waals surface area contributed by atoms with Crippen LogP contribution in [-0.2, 0) is 20.2 Å². The van der Waals surface area contributed by atoms with Crippen LogP contribution in [0, 0.1) is 0 Å². The van der Waals surface area contributed by atoms with Crippen molar-refractivity contribution in [3.8, 4) is 0 Å². The van der Waals surface area contributed by atoms with Gasteiger partial charge in [-0.3, -0.25) is 0 Å². The SMILES string of the molecule is CC(C)(C)P(c1cccc(S(=O)(=O)[O-])c1)c1cccc(S(=O)(=O)[O-])c1.[B].[Na+].[Na+]. The van der Waals surface area contributed by atoms with E-state index in [-0.39, 0.29) is 82.5 Å². The molecule has 3 radical (unpaired) electrons. The number of benzene rings is 2. The van der Waals surface area contributed by atoms with Crippen LogP contribution in [0.15, 0.2) is 58.3 Å². The maximum absolute atomic E-state index is 11.3. The van der Waals surface area contributed by atoms with E-state index in [1.54, 1.807) is 12.1 Å². The molecule has 0 fully saturated rings. The van der Waals surface area contributed by atoms with Crippen LogP contribution < -0.4 is 69.7 Å². The van der Waals surface area contributed by atoms with E-state index >= 15 is 0 Å². The third-order valence-electron chi connectivity index (χ3n) is 3.40. The molecule has 28 heavy (non-hydrogen) atoms. The molecule has 0 aliphatic heterocycles. The molecule has 2 aromatic carbocycles. The Morgan fingerprint density at radius 2 is 1.07 bits per heavy atom. The fraction of sp³-hybridized carbons (Fsp3) is 0.250. The van der Waals surface area contributed by atoms with Gasteiger partial charge in [0.25, 0.3) is 0 Å². The molecule has 0 spiro atoms. The minimum Gasteiger partial charge on any atom is -0.744 e. The quantitative estimate of drug-likeness (QED) is 0.259. The maximum Gasteiger partial charge on any atom is 1.00 e. The molecule has 6 nitrogen and oxygen atoms in total. The Morgan fingerprint density at radius 1 is 0.750 bits per heavy atom. The van der Waals surface area contributed by atoms with Gasteiger partial charge >= 0.3 is 59.1 Å². The summed E-state index contributed by atoms with van der Waals surface area (Å²) in [5.41, 5.74) is 0. The van der Waals surface area contributed by atoms with Crippen LogP contribution in [0.4, 0.5) is 0 Å². The minimum absolute atomic E-state index is 0. The molecule has 0 aromatic heterocycles. The zero-order valence-corrected chi connectivity index (χ0v) is 22.9. The van der Waals surface area contributed by atoms with E-state index in [2.05, 4.69) is 0 Å². The predicted octanol–water partition coefficient (Wildman–Crippen LogP) is -4.65. The van der Waals surface area contributed by atoms with Gasteiger partial charge < -0.3 is 9.11 Å². The second-order valence-corrected chi connectivity index (χ2v) is 12.2. The molecule has 0 amide bonds. The average Bonchev–Trinajstić information content (AvgIpc) is 2.45. The van der Waals surface area contributed by atoms with E-state index in [9.17, 15) is 25.9 Å². The zero-order valence-electron chi connectivity index (χ0n) is 16.4. The van der Waals surface area contributed by atoms with Gasteiger partial charge in [-0.15, -0.1) is 0 Å². The predicted molar refractivity (Wildman–Crippen MR) is 101 cm³/mol. The summed E-state index contributed by atoms with van der Waals surface area (Å²) in [4.78, 5) is -0.677. The van der Waals surface area contributed by atoms with Crippen molar-refractivity contribution in [2.75, 3.05) is 0 Å². The summed E-state index contributed by atoms with van der Waals surface area (Å²) >= 11 is 0. The molecular weight excluding hydrogens is 440 g/mol. The van der Waals surface area contributed by atoms with Gasteiger partial charge in [-0.1, -0.05) is 45.0 Å². The summed E-state index contributed by atoms with van der Waals surface area (Å²) < 4.78 is 67.9. The molecule has 12 heteroatoms. The zero-order chi connectivity index (χ0) is 19.0. The van der Waals surface area contributed by atoms with Gasteiger partial charge in [0.1, 0.15) is 20.2 Å². The van der Waals surface area contributed by atoms with Gasteiger partial charge in [0.15, 0.2) is 0 Å². The third-order valence-corrected chi connectivity index (χ3v) is 7.99. The van der Waals surface area contributed by atoms with Crippen molar-refractivity contribution in [1.82, 2.24) is 0 Å². The summed E-state index contributed by atoms with van der Waals surface area (Å²) in [5, 5.41) is 0.853. The standard InChI is InChI=1S/C16H19O6PS2.B.2Na/c1-16(2,3)23(12-6-4-8-14(10-12)24(17,18)19)13-7-5-9-15(11-13)25(20,21)22;;;/h4-11H,1-3H3,(H,17,18,19)(H,20,21,22);;;/q;;2*+1/p-2.